The Labute approximate surface area is 105 Å². The molecule has 3 rings (SSSR count). The zero-order valence-electron chi connectivity index (χ0n) is 9.71. The fourth-order valence-electron chi connectivity index (χ4n) is 2.22. The van der Waals surface area contributed by atoms with Crippen LogP contribution in [0.15, 0.2) is 29.1 Å². The van der Waals surface area contributed by atoms with E-state index < -0.39 is 11.7 Å². The standard InChI is InChI=1S/C12H10F3N3O/c13-12(14,15)7-2-1-3-8(4-7)18-10-6-16-5-9(10)11(19)17-18/h1-4,16H,5-6H2,(H,17,19). The Hall–Kier alpha value is -2.02. The fraction of sp³-hybridized carbons (Fsp3) is 0.250. The van der Waals surface area contributed by atoms with Crippen molar-refractivity contribution in [3.63, 3.8) is 0 Å². The Kier molecular flexibility index (Phi) is 2.53. The highest BCUT2D eigenvalue weighted by Crippen LogP contribution is 2.30. The molecule has 2 N–H and O–H groups in total. The van der Waals surface area contributed by atoms with Gasteiger partial charge in [0.05, 0.1) is 22.5 Å². The quantitative estimate of drug-likeness (QED) is 0.829. The summed E-state index contributed by atoms with van der Waals surface area (Å²) < 4.78 is 39.4. The number of hydrogen-bond acceptors (Lipinski definition) is 2. The number of rotatable bonds is 1. The Bertz CT molecular complexity index is 684. The van der Waals surface area contributed by atoms with E-state index in [1.807, 2.05) is 0 Å². The SMILES string of the molecule is O=c1[nH]n(-c2cccc(C(F)(F)F)c2)c2c1CNC2. The summed E-state index contributed by atoms with van der Waals surface area (Å²) in [5.74, 6) is 0. The first-order valence-electron chi connectivity index (χ1n) is 5.68. The van der Waals surface area contributed by atoms with E-state index >= 15 is 0 Å². The molecule has 0 unspecified atom stereocenters. The van der Waals surface area contributed by atoms with E-state index in [0.717, 1.165) is 12.1 Å². The number of nitrogens with one attached hydrogen (secondary N) is 2. The van der Waals surface area contributed by atoms with Gasteiger partial charge in [0, 0.05) is 13.1 Å². The average Bonchev–Trinajstić information content (AvgIpc) is 2.93. The molecular formula is C12H10F3N3O. The summed E-state index contributed by atoms with van der Waals surface area (Å²) in [6.07, 6.45) is -4.40. The molecule has 0 bridgehead atoms. The molecule has 7 heteroatoms. The predicted octanol–water partition coefficient (Wildman–Crippen LogP) is 1.79. The molecule has 100 valence electrons. The summed E-state index contributed by atoms with van der Waals surface area (Å²) >= 11 is 0. The Morgan fingerprint density at radius 3 is 2.74 bits per heavy atom. The minimum atomic E-state index is -4.40. The summed E-state index contributed by atoms with van der Waals surface area (Å²) in [5.41, 5.74) is 0.565. The van der Waals surface area contributed by atoms with Crippen LogP contribution in [0, 0.1) is 0 Å². The van der Waals surface area contributed by atoms with Crippen LogP contribution in [0.1, 0.15) is 16.8 Å². The molecule has 2 heterocycles. The third-order valence-corrected chi connectivity index (χ3v) is 3.13. The molecule has 0 saturated heterocycles. The van der Waals surface area contributed by atoms with E-state index in [0.29, 0.717) is 30.0 Å². The average molecular weight is 269 g/mol. The monoisotopic (exact) mass is 269 g/mol. The second kappa shape index (κ2) is 3.99. The van der Waals surface area contributed by atoms with Gasteiger partial charge >= 0.3 is 6.18 Å². The highest BCUT2D eigenvalue weighted by molar-refractivity contribution is 5.40. The zero-order valence-corrected chi connectivity index (χ0v) is 9.71. The van der Waals surface area contributed by atoms with Crippen LogP contribution in [0.3, 0.4) is 0 Å². The van der Waals surface area contributed by atoms with Crippen molar-refractivity contribution in [1.29, 1.82) is 0 Å². The van der Waals surface area contributed by atoms with Crippen molar-refractivity contribution >= 4 is 0 Å². The van der Waals surface area contributed by atoms with Gasteiger partial charge in [0.25, 0.3) is 5.56 Å². The largest absolute Gasteiger partial charge is 0.416 e. The van der Waals surface area contributed by atoms with Gasteiger partial charge in [0.1, 0.15) is 0 Å². The van der Waals surface area contributed by atoms with Crippen LogP contribution in [0.4, 0.5) is 13.2 Å². The lowest BCUT2D eigenvalue weighted by Crippen LogP contribution is -2.14. The number of halogens is 3. The van der Waals surface area contributed by atoms with Crippen molar-refractivity contribution in [2.24, 2.45) is 0 Å². The minimum Gasteiger partial charge on any atom is -0.307 e. The maximum Gasteiger partial charge on any atom is 0.416 e. The van der Waals surface area contributed by atoms with E-state index in [-0.39, 0.29) is 5.56 Å². The van der Waals surface area contributed by atoms with E-state index in [9.17, 15) is 18.0 Å². The van der Waals surface area contributed by atoms with Crippen LogP contribution in [-0.2, 0) is 19.3 Å². The summed E-state index contributed by atoms with van der Waals surface area (Å²) in [7, 11) is 0. The van der Waals surface area contributed by atoms with Gasteiger partial charge in [0.15, 0.2) is 0 Å². The molecule has 1 aliphatic heterocycles. The Morgan fingerprint density at radius 1 is 1.21 bits per heavy atom. The summed E-state index contributed by atoms with van der Waals surface area (Å²) in [4.78, 5) is 11.6. The minimum absolute atomic E-state index is 0.266. The number of hydrogen-bond donors (Lipinski definition) is 2. The van der Waals surface area contributed by atoms with Crippen LogP contribution in [-0.4, -0.2) is 9.78 Å². The second-order valence-electron chi connectivity index (χ2n) is 4.35. The Balaban J connectivity index is 2.13. The fourth-order valence-corrected chi connectivity index (χ4v) is 2.22. The number of aromatic amines is 1. The van der Waals surface area contributed by atoms with Crippen LogP contribution >= 0.6 is 0 Å². The summed E-state index contributed by atoms with van der Waals surface area (Å²) in [6, 6.07) is 4.88. The molecule has 1 aromatic carbocycles. The van der Waals surface area contributed by atoms with Gasteiger partial charge in [-0.3, -0.25) is 14.6 Å². The molecule has 2 aromatic rings. The third kappa shape index (κ3) is 1.95. The molecule has 0 aliphatic carbocycles. The molecule has 1 aromatic heterocycles. The number of fused-ring (bicyclic) bond motifs is 1. The smallest absolute Gasteiger partial charge is 0.307 e. The topological polar surface area (TPSA) is 49.8 Å². The van der Waals surface area contributed by atoms with Crippen molar-refractivity contribution in [3.05, 3.63) is 51.4 Å². The number of alkyl halides is 3. The van der Waals surface area contributed by atoms with Gasteiger partial charge in [-0.15, -0.1) is 0 Å². The van der Waals surface area contributed by atoms with Gasteiger partial charge in [-0.25, -0.2) is 0 Å². The second-order valence-corrected chi connectivity index (χ2v) is 4.35. The summed E-state index contributed by atoms with van der Waals surface area (Å²) in [5, 5.41) is 5.56. The predicted molar refractivity (Wildman–Crippen MR) is 61.9 cm³/mol. The van der Waals surface area contributed by atoms with Gasteiger partial charge in [0.2, 0.25) is 0 Å². The highest BCUT2D eigenvalue weighted by atomic mass is 19.4. The van der Waals surface area contributed by atoms with Gasteiger partial charge < -0.3 is 5.32 Å². The van der Waals surface area contributed by atoms with Crippen molar-refractivity contribution in [3.8, 4) is 5.69 Å². The number of benzene rings is 1. The third-order valence-electron chi connectivity index (χ3n) is 3.13. The van der Waals surface area contributed by atoms with Crippen molar-refractivity contribution in [2.45, 2.75) is 19.3 Å². The molecule has 0 fully saturated rings. The van der Waals surface area contributed by atoms with Gasteiger partial charge in [-0.05, 0) is 18.2 Å². The van der Waals surface area contributed by atoms with Gasteiger partial charge in [-0.1, -0.05) is 6.07 Å². The molecule has 0 atom stereocenters. The zero-order chi connectivity index (χ0) is 13.6. The van der Waals surface area contributed by atoms with Crippen molar-refractivity contribution in [2.75, 3.05) is 0 Å². The first-order valence-corrected chi connectivity index (χ1v) is 5.68. The maximum atomic E-state index is 12.7. The molecule has 0 spiro atoms. The van der Waals surface area contributed by atoms with E-state index in [2.05, 4.69) is 10.4 Å². The van der Waals surface area contributed by atoms with E-state index in [4.69, 9.17) is 0 Å². The molecule has 4 nitrogen and oxygen atoms in total. The van der Waals surface area contributed by atoms with E-state index in [1.165, 1.54) is 16.8 Å². The first kappa shape index (κ1) is 12.0. The first-order chi connectivity index (χ1) is 8.97. The molecule has 0 saturated carbocycles. The van der Waals surface area contributed by atoms with Crippen LogP contribution in [0.2, 0.25) is 0 Å². The van der Waals surface area contributed by atoms with E-state index in [1.54, 1.807) is 0 Å². The van der Waals surface area contributed by atoms with Crippen LogP contribution in [0.25, 0.3) is 5.69 Å². The number of nitrogens with zero attached hydrogens (tertiary/aromatic N) is 1. The lowest BCUT2D eigenvalue weighted by atomic mass is 10.2. The van der Waals surface area contributed by atoms with Gasteiger partial charge in [-0.2, -0.15) is 13.2 Å². The lowest BCUT2D eigenvalue weighted by molar-refractivity contribution is -0.137. The van der Waals surface area contributed by atoms with Crippen molar-refractivity contribution in [1.82, 2.24) is 15.1 Å². The molecular weight excluding hydrogens is 259 g/mol. The van der Waals surface area contributed by atoms with Crippen LogP contribution in [0.5, 0.6) is 0 Å². The lowest BCUT2D eigenvalue weighted by Gasteiger charge is -2.10. The van der Waals surface area contributed by atoms with Crippen molar-refractivity contribution < 1.29 is 13.2 Å². The number of aromatic nitrogens is 2. The Morgan fingerprint density at radius 2 is 2.00 bits per heavy atom. The molecule has 0 radical (unpaired) electrons. The van der Waals surface area contributed by atoms with Crippen LogP contribution < -0.4 is 10.9 Å². The maximum absolute atomic E-state index is 12.7. The molecule has 0 amide bonds. The summed E-state index contributed by atoms with van der Waals surface area (Å²) in [6.45, 7) is 0.904. The highest BCUT2D eigenvalue weighted by Gasteiger charge is 2.31. The normalized spacial score (nSPS) is 14.7. The number of H-pyrrole nitrogens is 1. The molecule has 1 aliphatic rings. The molecule has 19 heavy (non-hydrogen) atoms.